The molecule has 1 aliphatic carbocycles. The van der Waals surface area contributed by atoms with Crippen LogP contribution in [0, 0.1) is 11.3 Å². The highest BCUT2D eigenvalue weighted by atomic mass is 15.1. The quantitative estimate of drug-likeness (QED) is 0.558. The first-order valence-corrected chi connectivity index (χ1v) is 4.95. The molecule has 1 saturated carbocycles. The molecule has 0 N–H and O–H groups in total. The first-order valence-electron chi connectivity index (χ1n) is 4.95. The Morgan fingerprint density at radius 3 is 3.00 bits per heavy atom. The van der Waals surface area contributed by atoms with Crippen LogP contribution < -0.4 is 0 Å². The number of likely N-dealkylation sites (tertiary alicyclic amines) is 1. The third-order valence-corrected chi connectivity index (χ3v) is 3.91. The highest BCUT2D eigenvalue weighted by molar-refractivity contribution is 4.98. The van der Waals surface area contributed by atoms with Crippen molar-refractivity contribution in [3.05, 3.63) is 0 Å². The summed E-state index contributed by atoms with van der Waals surface area (Å²) in [6, 6.07) is 0. The van der Waals surface area contributed by atoms with Gasteiger partial charge in [-0.2, -0.15) is 0 Å². The Balaban J connectivity index is 2.15. The zero-order valence-electron chi connectivity index (χ0n) is 7.77. The number of hydrogen-bond acceptors (Lipinski definition) is 1. The lowest BCUT2D eigenvalue weighted by Crippen LogP contribution is -2.24. The highest BCUT2D eigenvalue weighted by Crippen LogP contribution is 2.50. The molecule has 0 amide bonds. The maximum atomic E-state index is 2.52. The Kier molecular flexibility index (Phi) is 1.71. The Labute approximate surface area is 69.8 Å². The van der Waals surface area contributed by atoms with Crippen molar-refractivity contribution in [3.63, 3.8) is 0 Å². The van der Waals surface area contributed by atoms with Gasteiger partial charge in [0.15, 0.2) is 0 Å². The molecule has 2 fully saturated rings. The molecule has 0 aromatic heterocycles. The van der Waals surface area contributed by atoms with Gasteiger partial charge in [0, 0.05) is 13.1 Å². The first-order chi connectivity index (χ1) is 5.27. The molecule has 1 heterocycles. The summed E-state index contributed by atoms with van der Waals surface area (Å²) in [5.41, 5.74) is 0.745. The smallest absolute Gasteiger partial charge is 0.00381 e. The molecule has 1 heteroatoms. The van der Waals surface area contributed by atoms with Gasteiger partial charge >= 0.3 is 0 Å². The van der Waals surface area contributed by atoms with E-state index in [1.165, 1.54) is 38.8 Å². The predicted octanol–water partition coefficient (Wildman–Crippen LogP) is 2.13. The van der Waals surface area contributed by atoms with Crippen LogP contribution in [0.3, 0.4) is 0 Å². The normalized spacial score (nSPS) is 44.7. The largest absolute Gasteiger partial charge is 0.306 e. The fraction of sp³-hybridized carbons (Fsp3) is 1.00. The van der Waals surface area contributed by atoms with Crippen molar-refractivity contribution in [3.8, 4) is 0 Å². The molecule has 0 aromatic carbocycles. The van der Waals surface area contributed by atoms with Crippen LogP contribution in [0.1, 0.15) is 32.6 Å². The van der Waals surface area contributed by atoms with Gasteiger partial charge in [-0.25, -0.2) is 0 Å². The zero-order valence-corrected chi connectivity index (χ0v) is 7.77. The van der Waals surface area contributed by atoms with Crippen LogP contribution in [0.15, 0.2) is 0 Å². The molecule has 2 unspecified atom stereocenters. The summed E-state index contributed by atoms with van der Waals surface area (Å²) in [6.45, 7) is 5.11. The predicted molar refractivity (Wildman–Crippen MR) is 47.6 cm³/mol. The van der Waals surface area contributed by atoms with Crippen LogP contribution in [-0.4, -0.2) is 25.0 Å². The van der Waals surface area contributed by atoms with Crippen LogP contribution in [0.5, 0.6) is 0 Å². The summed E-state index contributed by atoms with van der Waals surface area (Å²) in [5.74, 6) is 1.04. The van der Waals surface area contributed by atoms with Crippen LogP contribution in [-0.2, 0) is 0 Å². The summed E-state index contributed by atoms with van der Waals surface area (Å²) >= 11 is 0. The summed E-state index contributed by atoms with van der Waals surface area (Å²) in [7, 11) is 2.27. The van der Waals surface area contributed by atoms with Gasteiger partial charge in [0.25, 0.3) is 0 Å². The van der Waals surface area contributed by atoms with Gasteiger partial charge in [-0.1, -0.05) is 13.3 Å². The van der Waals surface area contributed by atoms with E-state index in [4.69, 9.17) is 0 Å². The third-order valence-electron chi connectivity index (χ3n) is 3.91. The number of fused-ring (bicyclic) bond motifs is 1. The van der Waals surface area contributed by atoms with Crippen molar-refractivity contribution < 1.29 is 0 Å². The average molecular weight is 153 g/mol. The van der Waals surface area contributed by atoms with Gasteiger partial charge in [-0.05, 0) is 37.6 Å². The molecule has 1 saturated heterocycles. The molecule has 1 aliphatic heterocycles. The summed E-state index contributed by atoms with van der Waals surface area (Å²) in [5, 5.41) is 0. The lowest BCUT2D eigenvalue weighted by atomic mass is 9.78. The second kappa shape index (κ2) is 2.48. The molecule has 2 rings (SSSR count). The lowest BCUT2D eigenvalue weighted by Gasteiger charge is -2.26. The maximum absolute atomic E-state index is 2.52. The van der Waals surface area contributed by atoms with Crippen molar-refractivity contribution in [2.24, 2.45) is 11.3 Å². The Morgan fingerprint density at radius 1 is 1.55 bits per heavy atom. The minimum absolute atomic E-state index is 0.745. The Bertz CT molecular complexity index is 155. The second-order valence-corrected chi connectivity index (χ2v) is 4.50. The van der Waals surface area contributed by atoms with E-state index in [2.05, 4.69) is 18.9 Å². The monoisotopic (exact) mass is 153 g/mol. The minimum Gasteiger partial charge on any atom is -0.306 e. The molecule has 64 valence electrons. The van der Waals surface area contributed by atoms with Crippen LogP contribution >= 0.6 is 0 Å². The molecule has 0 spiro atoms. The lowest BCUT2D eigenvalue weighted by molar-refractivity contribution is 0.243. The van der Waals surface area contributed by atoms with E-state index < -0.39 is 0 Å². The van der Waals surface area contributed by atoms with E-state index in [0.29, 0.717) is 0 Å². The molecule has 2 aliphatic rings. The van der Waals surface area contributed by atoms with E-state index in [-0.39, 0.29) is 0 Å². The molecule has 2 atom stereocenters. The van der Waals surface area contributed by atoms with Gasteiger partial charge in [0.2, 0.25) is 0 Å². The molecular formula is C10H19N. The first kappa shape index (κ1) is 7.60. The standard InChI is InChI=1S/C10H19N/c1-3-10-6-4-5-9(10)7-11(2)8-10/h9H,3-8H2,1-2H3. The van der Waals surface area contributed by atoms with Gasteiger partial charge in [-0.15, -0.1) is 0 Å². The molecular weight excluding hydrogens is 134 g/mol. The summed E-state index contributed by atoms with van der Waals surface area (Å²) in [6.07, 6.45) is 5.89. The van der Waals surface area contributed by atoms with Crippen LogP contribution in [0.4, 0.5) is 0 Å². The number of hydrogen-bond donors (Lipinski definition) is 0. The zero-order chi connectivity index (χ0) is 7.90. The van der Waals surface area contributed by atoms with Crippen molar-refractivity contribution in [2.75, 3.05) is 20.1 Å². The molecule has 0 aromatic rings. The van der Waals surface area contributed by atoms with Crippen molar-refractivity contribution >= 4 is 0 Å². The molecule has 0 bridgehead atoms. The Hall–Kier alpha value is -0.0400. The van der Waals surface area contributed by atoms with E-state index in [9.17, 15) is 0 Å². The van der Waals surface area contributed by atoms with E-state index >= 15 is 0 Å². The maximum Gasteiger partial charge on any atom is 0.00381 e. The average Bonchev–Trinajstić information content (AvgIpc) is 2.43. The topological polar surface area (TPSA) is 3.24 Å². The number of nitrogens with zero attached hydrogens (tertiary/aromatic N) is 1. The van der Waals surface area contributed by atoms with Crippen molar-refractivity contribution in [2.45, 2.75) is 32.6 Å². The van der Waals surface area contributed by atoms with E-state index in [1.54, 1.807) is 0 Å². The van der Waals surface area contributed by atoms with Crippen molar-refractivity contribution in [1.82, 2.24) is 4.90 Å². The van der Waals surface area contributed by atoms with Gasteiger partial charge in [0.05, 0.1) is 0 Å². The van der Waals surface area contributed by atoms with Crippen LogP contribution in [0.2, 0.25) is 0 Å². The van der Waals surface area contributed by atoms with E-state index in [0.717, 1.165) is 11.3 Å². The fourth-order valence-electron chi connectivity index (χ4n) is 3.26. The molecule has 1 nitrogen and oxygen atoms in total. The molecule has 0 radical (unpaired) electrons. The number of rotatable bonds is 1. The van der Waals surface area contributed by atoms with Gasteiger partial charge in [0.1, 0.15) is 0 Å². The second-order valence-electron chi connectivity index (χ2n) is 4.50. The third kappa shape index (κ3) is 1.01. The highest BCUT2D eigenvalue weighted by Gasteiger charge is 2.46. The SMILES string of the molecule is CCC12CCCC1CN(C)C2. The van der Waals surface area contributed by atoms with Gasteiger partial charge in [-0.3, -0.25) is 0 Å². The summed E-state index contributed by atoms with van der Waals surface area (Å²) in [4.78, 5) is 2.52. The fourth-order valence-corrected chi connectivity index (χ4v) is 3.26. The van der Waals surface area contributed by atoms with Gasteiger partial charge < -0.3 is 4.90 Å². The van der Waals surface area contributed by atoms with E-state index in [1.807, 2.05) is 0 Å². The van der Waals surface area contributed by atoms with Crippen molar-refractivity contribution in [1.29, 1.82) is 0 Å². The minimum atomic E-state index is 0.745. The molecule has 11 heavy (non-hydrogen) atoms. The Morgan fingerprint density at radius 2 is 2.36 bits per heavy atom. The van der Waals surface area contributed by atoms with Crippen LogP contribution in [0.25, 0.3) is 0 Å². The summed E-state index contributed by atoms with van der Waals surface area (Å²) < 4.78 is 0.